The fraction of sp³-hybridized carbons (Fsp3) is 0.500. The average molecular weight is 409 g/mol. The van der Waals surface area contributed by atoms with E-state index in [-0.39, 0.29) is 24.7 Å². The Bertz CT molecular complexity index is 466. The molecule has 1 amide bonds. The summed E-state index contributed by atoms with van der Waals surface area (Å²) in [6.45, 7) is 5.84. The normalized spacial score (nSPS) is 11.3. The third kappa shape index (κ3) is 5.07. The van der Waals surface area contributed by atoms with Crippen molar-refractivity contribution in [1.82, 2.24) is 5.32 Å². The molecule has 1 aromatic rings. The molecule has 0 bridgehead atoms. The minimum absolute atomic E-state index is 0.0529. The molecule has 4 nitrogen and oxygen atoms in total. The van der Waals surface area contributed by atoms with Crippen LogP contribution in [-0.2, 0) is 11.4 Å². The molecule has 1 rings (SSSR count). The first kappa shape index (κ1) is 17.5. The number of hydrogen-bond acceptors (Lipinski definition) is 3. The molecule has 0 aliphatic carbocycles. The summed E-state index contributed by atoms with van der Waals surface area (Å²) in [4.78, 5) is 11.8. The molecular formula is C14H19Br2NO3. The number of carbonyl (C=O) groups is 1. The van der Waals surface area contributed by atoms with E-state index in [1.165, 1.54) is 0 Å². The van der Waals surface area contributed by atoms with E-state index < -0.39 is 0 Å². The van der Waals surface area contributed by atoms with Crippen molar-refractivity contribution in [3.63, 3.8) is 0 Å². The largest absolute Gasteiger partial charge is 0.481 e. The molecule has 0 aliphatic rings. The molecule has 112 valence electrons. The van der Waals surface area contributed by atoms with E-state index in [2.05, 4.69) is 37.2 Å². The number of ether oxygens (including phenoxy) is 1. The molecule has 2 N–H and O–H groups in total. The summed E-state index contributed by atoms with van der Waals surface area (Å²) in [5.41, 5.74) is 0.517. The van der Waals surface area contributed by atoms with Crippen molar-refractivity contribution >= 4 is 37.8 Å². The van der Waals surface area contributed by atoms with E-state index in [9.17, 15) is 4.79 Å². The van der Waals surface area contributed by atoms with Crippen LogP contribution in [0.2, 0.25) is 0 Å². The van der Waals surface area contributed by atoms with Crippen molar-refractivity contribution in [1.29, 1.82) is 0 Å². The van der Waals surface area contributed by atoms with Crippen LogP contribution in [0, 0.1) is 0 Å². The second kappa shape index (κ2) is 7.43. The van der Waals surface area contributed by atoms with E-state index in [1.807, 2.05) is 20.8 Å². The molecule has 1 aromatic carbocycles. The quantitative estimate of drug-likeness (QED) is 0.758. The summed E-state index contributed by atoms with van der Waals surface area (Å²) in [6.07, 6.45) is 0.845. The highest BCUT2D eigenvalue weighted by Crippen LogP contribution is 2.34. The van der Waals surface area contributed by atoms with Gasteiger partial charge in [0.05, 0.1) is 15.6 Å². The summed E-state index contributed by atoms with van der Waals surface area (Å²) in [5, 5.41) is 12.0. The molecule has 0 saturated carbocycles. The number of rotatable bonds is 6. The topological polar surface area (TPSA) is 58.6 Å². The molecule has 0 fully saturated rings. The van der Waals surface area contributed by atoms with Crippen LogP contribution in [0.5, 0.6) is 5.75 Å². The molecule has 0 atom stereocenters. The maximum Gasteiger partial charge on any atom is 0.258 e. The van der Waals surface area contributed by atoms with Gasteiger partial charge in [0.2, 0.25) is 0 Å². The molecule has 0 unspecified atom stereocenters. The van der Waals surface area contributed by atoms with Crippen molar-refractivity contribution in [3.8, 4) is 5.75 Å². The van der Waals surface area contributed by atoms with Gasteiger partial charge in [-0.05, 0) is 69.8 Å². The van der Waals surface area contributed by atoms with Crippen LogP contribution >= 0.6 is 31.9 Å². The number of nitrogens with one attached hydrogen (secondary N) is 1. The van der Waals surface area contributed by atoms with E-state index in [1.54, 1.807) is 12.1 Å². The Balaban J connectivity index is 2.69. The molecule has 20 heavy (non-hydrogen) atoms. The Morgan fingerprint density at radius 3 is 2.35 bits per heavy atom. The van der Waals surface area contributed by atoms with Gasteiger partial charge in [-0.25, -0.2) is 0 Å². The lowest BCUT2D eigenvalue weighted by Crippen LogP contribution is -2.44. The van der Waals surface area contributed by atoms with Crippen LogP contribution in [-0.4, -0.2) is 23.2 Å². The Morgan fingerprint density at radius 1 is 1.35 bits per heavy atom. The first-order valence-corrected chi connectivity index (χ1v) is 7.90. The minimum atomic E-state index is -0.240. The number of benzene rings is 1. The van der Waals surface area contributed by atoms with Crippen LogP contribution < -0.4 is 10.1 Å². The van der Waals surface area contributed by atoms with Crippen LogP contribution in [0.25, 0.3) is 0 Å². The minimum Gasteiger partial charge on any atom is -0.481 e. The van der Waals surface area contributed by atoms with Gasteiger partial charge >= 0.3 is 0 Å². The molecule has 0 saturated heterocycles. The van der Waals surface area contributed by atoms with Gasteiger partial charge in [0.25, 0.3) is 5.91 Å². The summed E-state index contributed by atoms with van der Waals surface area (Å²) in [6, 6.07) is 3.52. The highest BCUT2D eigenvalue weighted by atomic mass is 79.9. The summed E-state index contributed by atoms with van der Waals surface area (Å²) < 4.78 is 6.92. The van der Waals surface area contributed by atoms with Crippen molar-refractivity contribution < 1.29 is 14.6 Å². The van der Waals surface area contributed by atoms with Crippen molar-refractivity contribution in [2.24, 2.45) is 0 Å². The maximum atomic E-state index is 11.8. The zero-order valence-electron chi connectivity index (χ0n) is 11.8. The summed E-state index contributed by atoms with van der Waals surface area (Å²) >= 11 is 6.73. The lowest BCUT2D eigenvalue weighted by molar-refractivity contribution is -0.124. The first-order chi connectivity index (χ1) is 9.29. The van der Waals surface area contributed by atoms with Crippen molar-refractivity contribution in [2.75, 3.05) is 6.61 Å². The number of aliphatic hydroxyl groups excluding tert-OH is 1. The molecule has 6 heteroatoms. The van der Waals surface area contributed by atoms with E-state index in [4.69, 9.17) is 9.84 Å². The van der Waals surface area contributed by atoms with Gasteiger partial charge in [-0.1, -0.05) is 6.92 Å². The second-order valence-electron chi connectivity index (χ2n) is 5.12. The first-order valence-electron chi connectivity index (χ1n) is 6.31. The average Bonchev–Trinajstić information content (AvgIpc) is 2.36. The number of amides is 1. The van der Waals surface area contributed by atoms with E-state index in [0.29, 0.717) is 14.7 Å². The maximum absolute atomic E-state index is 11.8. The second-order valence-corrected chi connectivity index (χ2v) is 6.83. The Hall–Kier alpha value is -0.590. The predicted octanol–water partition coefficient (Wildman–Crippen LogP) is 3.39. The zero-order chi connectivity index (χ0) is 15.3. The zero-order valence-corrected chi connectivity index (χ0v) is 15.0. The van der Waals surface area contributed by atoms with Gasteiger partial charge in [-0.2, -0.15) is 0 Å². The molecule has 0 aliphatic heterocycles. The molecule has 0 heterocycles. The Morgan fingerprint density at radius 2 is 1.90 bits per heavy atom. The number of carbonyl (C=O) groups excluding carboxylic acids is 1. The predicted molar refractivity (Wildman–Crippen MR) is 85.8 cm³/mol. The number of aliphatic hydroxyl groups is 1. The van der Waals surface area contributed by atoms with Gasteiger partial charge in [0.1, 0.15) is 5.75 Å². The molecular weight excluding hydrogens is 390 g/mol. The van der Waals surface area contributed by atoms with Crippen LogP contribution in [0.3, 0.4) is 0 Å². The van der Waals surface area contributed by atoms with Crippen LogP contribution in [0.15, 0.2) is 21.1 Å². The number of hydrogen-bond donors (Lipinski definition) is 2. The van der Waals surface area contributed by atoms with Gasteiger partial charge in [-0.15, -0.1) is 0 Å². The lowest BCUT2D eigenvalue weighted by Gasteiger charge is -2.24. The SMILES string of the molecule is CCC(C)(C)NC(=O)COc1c(Br)cc(CO)cc1Br. The van der Waals surface area contributed by atoms with Gasteiger partial charge in [0.15, 0.2) is 6.61 Å². The van der Waals surface area contributed by atoms with Crippen LogP contribution in [0.4, 0.5) is 0 Å². The van der Waals surface area contributed by atoms with Crippen molar-refractivity contribution in [3.05, 3.63) is 26.6 Å². The Kier molecular flexibility index (Phi) is 6.48. The fourth-order valence-electron chi connectivity index (χ4n) is 1.48. The number of halogens is 2. The highest BCUT2D eigenvalue weighted by Gasteiger charge is 2.18. The van der Waals surface area contributed by atoms with Gasteiger partial charge in [-0.3, -0.25) is 4.79 Å². The summed E-state index contributed by atoms with van der Waals surface area (Å²) in [5.74, 6) is 0.383. The molecule has 0 radical (unpaired) electrons. The van der Waals surface area contributed by atoms with Gasteiger partial charge < -0.3 is 15.2 Å². The Labute approximate surface area is 136 Å². The highest BCUT2D eigenvalue weighted by molar-refractivity contribution is 9.11. The molecule has 0 aromatic heterocycles. The van der Waals surface area contributed by atoms with Crippen molar-refractivity contribution in [2.45, 2.75) is 39.3 Å². The summed E-state index contributed by atoms with van der Waals surface area (Å²) in [7, 11) is 0. The molecule has 0 spiro atoms. The van der Waals surface area contributed by atoms with Gasteiger partial charge in [0, 0.05) is 5.54 Å². The van der Waals surface area contributed by atoms with Crippen LogP contribution in [0.1, 0.15) is 32.8 Å². The van der Waals surface area contributed by atoms with E-state index in [0.717, 1.165) is 12.0 Å². The standard InChI is InChI=1S/C14H19Br2NO3/c1-4-14(2,3)17-12(19)8-20-13-10(15)5-9(7-18)6-11(13)16/h5-6,18H,4,7-8H2,1-3H3,(H,17,19). The third-order valence-corrected chi connectivity index (χ3v) is 4.13. The fourth-order valence-corrected chi connectivity index (χ4v) is 2.99. The lowest BCUT2D eigenvalue weighted by atomic mass is 10.0. The smallest absolute Gasteiger partial charge is 0.258 e. The van der Waals surface area contributed by atoms with E-state index >= 15 is 0 Å². The third-order valence-electron chi connectivity index (χ3n) is 2.95. The monoisotopic (exact) mass is 407 g/mol.